The van der Waals surface area contributed by atoms with Crippen LogP contribution in [0.5, 0.6) is 0 Å². The van der Waals surface area contributed by atoms with Gasteiger partial charge in [0.05, 0.1) is 6.26 Å². The highest BCUT2D eigenvalue weighted by Crippen LogP contribution is 2.45. The van der Waals surface area contributed by atoms with E-state index in [0.717, 1.165) is 42.1 Å². The van der Waals surface area contributed by atoms with Crippen LogP contribution in [0.2, 0.25) is 10.0 Å². The molecule has 0 aromatic heterocycles. The van der Waals surface area contributed by atoms with Crippen molar-refractivity contribution in [2.45, 2.75) is 62.6 Å². The lowest BCUT2D eigenvalue weighted by Gasteiger charge is -2.47. The lowest BCUT2D eigenvalue weighted by atomic mass is 9.65. The molecule has 0 spiro atoms. The molecule has 1 saturated carbocycles. The van der Waals surface area contributed by atoms with Crippen molar-refractivity contribution < 1.29 is 13.2 Å². The molecular formula is C28H35Cl2N3O3S. The van der Waals surface area contributed by atoms with Gasteiger partial charge < -0.3 is 10.6 Å². The number of carbonyl (C=O) groups excluding carboxylic acids is 1. The molecule has 0 radical (unpaired) electrons. The Bertz CT molecular complexity index is 1150. The molecule has 4 atom stereocenters. The molecule has 3 fully saturated rings. The summed E-state index contributed by atoms with van der Waals surface area (Å²) in [5, 5.41) is 8.51. The van der Waals surface area contributed by atoms with Gasteiger partial charge in [-0.2, -0.15) is 0 Å². The van der Waals surface area contributed by atoms with Crippen LogP contribution in [-0.4, -0.2) is 56.1 Å². The van der Waals surface area contributed by atoms with Crippen LogP contribution in [0.25, 0.3) is 0 Å². The van der Waals surface area contributed by atoms with Crippen LogP contribution in [0.3, 0.4) is 0 Å². The number of piperidine rings is 2. The fourth-order valence-electron chi connectivity index (χ4n) is 6.70. The Kier molecular flexibility index (Phi) is 8.18. The van der Waals surface area contributed by atoms with Crippen LogP contribution in [0.4, 0.5) is 0 Å². The molecular weight excluding hydrogens is 529 g/mol. The van der Waals surface area contributed by atoms with Crippen LogP contribution < -0.4 is 10.6 Å². The van der Waals surface area contributed by atoms with Gasteiger partial charge in [0.15, 0.2) is 0 Å². The normalized spacial score (nSPS) is 27.6. The summed E-state index contributed by atoms with van der Waals surface area (Å²) in [6.07, 6.45) is 6.25. The summed E-state index contributed by atoms with van der Waals surface area (Å²) in [5.74, 6) is 1.06. The number of sulfonamides is 1. The van der Waals surface area contributed by atoms with E-state index in [1.807, 2.05) is 24.3 Å². The van der Waals surface area contributed by atoms with Crippen molar-refractivity contribution in [2.24, 2.45) is 11.8 Å². The van der Waals surface area contributed by atoms with Gasteiger partial charge in [-0.15, -0.1) is 0 Å². The SMILES string of the molecule is CS(=O)(=O)N1CCC(NC2CC(=O)NC3CCC(C(c4ccc(Cl)cc4)c4ccc(Cl)cc4)CC32)CC1. The number of benzene rings is 2. The zero-order valence-electron chi connectivity index (χ0n) is 21.1. The first-order chi connectivity index (χ1) is 17.7. The molecule has 2 aromatic carbocycles. The van der Waals surface area contributed by atoms with Crippen molar-refractivity contribution in [1.82, 2.24) is 14.9 Å². The molecule has 37 heavy (non-hydrogen) atoms. The first kappa shape index (κ1) is 26.9. The van der Waals surface area contributed by atoms with Crippen LogP contribution in [0.1, 0.15) is 55.6 Å². The lowest BCUT2D eigenvalue weighted by Crippen LogP contribution is -2.60. The molecule has 6 nitrogen and oxygen atoms in total. The van der Waals surface area contributed by atoms with Gasteiger partial charge in [-0.3, -0.25) is 4.79 Å². The van der Waals surface area contributed by atoms with Crippen molar-refractivity contribution >= 4 is 39.1 Å². The molecule has 200 valence electrons. The van der Waals surface area contributed by atoms with Gasteiger partial charge in [0.2, 0.25) is 15.9 Å². The number of hydrogen-bond donors (Lipinski definition) is 2. The second-order valence-electron chi connectivity index (χ2n) is 10.9. The Balaban J connectivity index is 1.35. The maximum Gasteiger partial charge on any atom is 0.221 e. The highest BCUT2D eigenvalue weighted by Gasteiger charge is 2.43. The molecule has 2 heterocycles. The van der Waals surface area contributed by atoms with Crippen molar-refractivity contribution in [2.75, 3.05) is 19.3 Å². The van der Waals surface area contributed by atoms with Gasteiger partial charge in [-0.05, 0) is 79.3 Å². The Morgan fingerprint density at radius 3 is 2.03 bits per heavy atom. The number of rotatable bonds is 6. The van der Waals surface area contributed by atoms with Crippen LogP contribution in [0.15, 0.2) is 48.5 Å². The molecule has 1 aliphatic carbocycles. The van der Waals surface area contributed by atoms with Crippen LogP contribution >= 0.6 is 23.2 Å². The number of nitrogens with zero attached hydrogens (tertiary/aromatic N) is 1. The molecule has 4 unspecified atom stereocenters. The number of fused-ring (bicyclic) bond motifs is 1. The summed E-state index contributed by atoms with van der Waals surface area (Å²) in [6.45, 7) is 1.06. The Morgan fingerprint density at radius 2 is 1.49 bits per heavy atom. The highest BCUT2D eigenvalue weighted by atomic mass is 35.5. The number of amides is 1. The average Bonchev–Trinajstić information content (AvgIpc) is 2.86. The van der Waals surface area contributed by atoms with E-state index in [1.165, 1.54) is 17.4 Å². The standard InChI is InChI=1S/C28H35Cl2N3O3S/c1-37(35,36)33-14-12-23(13-15-33)31-26-17-27(34)32-25-11-6-20(16-24(25)26)28(18-2-7-21(29)8-3-18)19-4-9-22(30)10-5-19/h2-5,7-10,20,23-26,28,31H,6,11-17H2,1H3,(H,32,34). The second-order valence-corrected chi connectivity index (χ2v) is 13.8. The molecule has 9 heteroatoms. The third kappa shape index (κ3) is 6.34. The first-order valence-corrected chi connectivity index (χ1v) is 15.8. The summed E-state index contributed by atoms with van der Waals surface area (Å²) in [6, 6.07) is 16.8. The fraction of sp³-hybridized carbons (Fsp3) is 0.536. The monoisotopic (exact) mass is 563 g/mol. The van der Waals surface area contributed by atoms with Crippen molar-refractivity contribution in [1.29, 1.82) is 0 Å². The maximum absolute atomic E-state index is 12.6. The second kappa shape index (κ2) is 11.2. The van der Waals surface area contributed by atoms with Gasteiger partial charge in [-0.25, -0.2) is 12.7 Å². The summed E-state index contributed by atoms with van der Waals surface area (Å²) < 4.78 is 25.4. The highest BCUT2D eigenvalue weighted by molar-refractivity contribution is 7.88. The number of hydrogen-bond acceptors (Lipinski definition) is 4. The van der Waals surface area contributed by atoms with Crippen LogP contribution in [-0.2, 0) is 14.8 Å². The predicted octanol–water partition coefficient (Wildman–Crippen LogP) is 4.81. The quantitative estimate of drug-likeness (QED) is 0.528. The minimum Gasteiger partial charge on any atom is -0.353 e. The molecule has 1 amide bonds. The zero-order valence-corrected chi connectivity index (χ0v) is 23.4. The molecule has 2 aliphatic heterocycles. The van der Waals surface area contributed by atoms with E-state index in [4.69, 9.17) is 23.2 Å². The molecule has 3 aliphatic rings. The van der Waals surface area contributed by atoms with E-state index in [9.17, 15) is 13.2 Å². The van der Waals surface area contributed by atoms with Crippen molar-refractivity contribution in [3.8, 4) is 0 Å². The summed E-state index contributed by atoms with van der Waals surface area (Å²) >= 11 is 12.4. The Morgan fingerprint density at radius 1 is 0.919 bits per heavy atom. The Labute approximate surface area is 230 Å². The number of carbonyl (C=O) groups is 1. The summed E-state index contributed by atoms with van der Waals surface area (Å²) in [7, 11) is -3.16. The van der Waals surface area contributed by atoms with E-state index >= 15 is 0 Å². The Hall–Kier alpha value is -1.64. The van der Waals surface area contributed by atoms with E-state index in [0.29, 0.717) is 31.3 Å². The van der Waals surface area contributed by atoms with Gasteiger partial charge in [0.1, 0.15) is 0 Å². The van der Waals surface area contributed by atoms with Gasteiger partial charge >= 0.3 is 0 Å². The molecule has 0 bridgehead atoms. The van der Waals surface area contributed by atoms with Crippen LogP contribution in [0, 0.1) is 11.8 Å². The summed E-state index contributed by atoms with van der Waals surface area (Å²) in [4.78, 5) is 12.6. The van der Waals surface area contributed by atoms with Gasteiger partial charge in [0.25, 0.3) is 0 Å². The summed E-state index contributed by atoms with van der Waals surface area (Å²) in [5.41, 5.74) is 2.49. The zero-order chi connectivity index (χ0) is 26.2. The minimum absolute atomic E-state index is 0.0902. The number of nitrogens with one attached hydrogen (secondary N) is 2. The minimum atomic E-state index is -3.16. The van der Waals surface area contributed by atoms with E-state index in [1.54, 1.807) is 4.31 Å². The topological polar surface area (TPSA) is 78.5 Å². The maximum atomic E-state index is 12.6. The van der Waals surface area contributed by atoms with Gasteiger partial charge in [-0.1, -0.05) is 47.5 Å². The third-order valence-corrected chi connectivity index (χ3v) is 10.3. The lowest BCUT2D eigenvalue weighted by molar-refractivity contribution is -0.126. The largest absolute Gasteiger partial charge is 0.353 e. The van der Waals surface area contributed by atoms with Crippen molar-refractivity contribution in [3.63, 3.8) is 0 Å². The number of halogens is 2. The predicted molar refractivity (Wildman–Crippen MR) is 148 cm³/mol. The smallest absolute Gasteiger partial charge is 0.221 e. The third-order valence-electron chi connectivity index (χ3n) is 8.51. The van der Waals surface area contributed by atoms with Gasteiger partial charge in [0, 0.05) is 53.6 Å². The first-order valence-electron chi connectivity index (χ1n) is 13.2. The average molecular weight is 565 g/mol. The molecule has 5 rings (SSSR count). The molecule has 2 N–H and O–H groups in total. The van der Waals surface area contributed by atoms with E-state index in [2.05, 4.69) is 34.9 Å². The molecule has 2 aromatic rings. The molecule has 2 saturated heterocycles. The van der Waals surface area contributed by atoms with E-state index in [-0.39, 0.29) is 30.0 Å². The van der Waals surface area contributed by atoms with Crippen molar-refractivity contribution in [3.05, 3.63) is 69.7 Å². The fourth-order valence-corrected chi connectivity index (χ4v) is 7.83. The van der Waals surface area contributed by atoms with E-state index < -0.39 is 10.0 Å².